The average Bonchev–Trinajstić information content (AvgIpc) is 2.63. The van der Waals surface area contributed by atoms with E-state index >= 15 is 0 Å². The summed E-state index contributed by atoms with van der Waals surface area (Å²) in [6, 6.07) is 4.39. The molecule has 0 unspecified atom stereocenters. The molecule has 0 saturated carbocycles. The first-order chi connectivity index (χ1) is 7.61. The van der Waals surface area contributed by atoms with Crippen molar-refractivity contribution in [2.45, 2.75) is 6.54 Å². The molecule has 0 radical (unpaired) electrons. The van der Waals surface area contributed by atoms with Gasteiger partial charge in [0.05, 0.1) is 9.48 Å². The predicted molar refractivity (Wildman–Crippen MR) is 68.1 cm³/mol. The van der Waals surface area contributed by atoms with E-state index in [1.54, 1.807) is 6.07 Å². The van der Waals surface area contributed by atoms with Crippen LogP contribution in [0.15, 0.2) is 22.0 Å². The first-order valence-electron chi connectivity index (χ1n) is 4.42. The topological polar surface area (TPSA) is 38.9 Å². The maximum absolute atomic E-state index is 13.6. The fourth-order valence-electron chi connectivity index (χ4n) is 1.24. The molecule has 0 amide bonds. The highest BCUT2D eigenvalue weighted by molar-refractivity contribution is 9.11. The lowest BCUT2D eigenvalue weighted by Crippen LogP contribution is -1.97. The Hall–Kier alpha value is -0.490. The second-order valence-corrected chi connectivity index (χ2v) is 5.82. The van der Waals surface area contributed by atoms with Crippen molar-refractivity contribution in [1.82, 2.24) is 4.98 Å². The minimum Gasteiger partial charge on any atom is -0.325 e. The predicted octanol–water partition coefficient (Wildman–Crippen LogP) is 3.82. The number of nitrogens with zero attached hydrogens (tertiary/aromatic N) is 1. The van der Waals surface area contributed by atoms with Crippen LogP contribution in [0, 0.1) is 5.82 Å². The van der Waals surface area contributed by atoms with E-state index in [0.29, 0.717) is 22.1 Å². The average molecular weight is 322 g/mol. The monoisotopic (exact) mass is 320 g/mol. The summed E-state index contributed by atoms with van der Waals surface area (Å²) in [7, 11) is 0. The normalized spacial score (nSPS) is 10.8. The van der Waals surface area contributed by atoms with Gasteiger partial charge in [-0.25, -0.2) is 9.37 Å². The lowest BCUT2D eigenvalue weighted by Gasteiger charge is -1.99. The summed E-state index contributed by atoms with van der Waals surface area (Å²) in [6.45, 7) is 0.319. The number of hydrogen-bond acceptors (Lipinski definition) is 3. The Morgan fingerprint density at radius 1 is 1.50 bits per heavy atom. The largest absolute Gasteiger partial charge is 0.325 e. The van der Waals surface area contributed by atoms with Gasteiger partial charge in [-0.2, -0.15) is 0 Å². The van der Waals surface area contributed by atoms with Crippen molar-refractivity contribution in [1.29, 1.82) is 0 Å². The van der Waals surface area contributed by atoms with E-state index in [-0.39, 0.29) is 5.82 Å². The molecule has 1 aromatic carbocycles. The van der Waals surface area contributed by atoms with Crippen LogP contribution in [0.2, 0.25) is 5.02 Å². The van der Waals surface area contributed by atoms with Crippen molar-refractivity contribution >= 4 is 38.9 Å². The summed E-state index contributed by atoms with van der Waals surface area (Å²) in [5.74, 6) is -0.339. The summed E-state index contributed by atoms with van der Waals surface area (Å²) in [5, 5.41) is 1.06. The van der Waals surface area contributed by atoms with Crippen LogP contribution in [-0.4, -0.2) is 4.98 Å². The van der Waals surface area contributed by atoms with Crippen LogP contribution in [0.4, 0.5) is 4.39 Å². The lowest BCUT2D eigenvalue weighted by molar-refractivity contribution is 0.631. The fourth-order valence-corrected chi connectivity index (χ4v) is 2.96. The van der Waals surface area contributed by atoms with Crippen molar-refractivity contribution in [3.05, 3.63) is 38.5 Å². The zero-order valence-corrected chi connectivity index (χ0v) is 11.2. The van der Waals surface area contributed by atoms with Crippen LogP contribution in [0.1, 0.15) is 5.69 Å². The van der Waals surface area contributed by atoms with Crippen LogP contribution in [-0.2, 0) is 6.54 Å². The second kappa shape index (κ2) is 4.79. The van der Waals surface area contributed by atoms with E-state index in [2.05, 4.69) is 20.9 Å². The standard InChI is InChI=1S/C10H7BrClFN2S/c11-9-8(4-14)15-10(16-9)6-3-5(12)1-2-7(6)13/h1-3H,4,14H2. The lowest BCUT2D eigenvalue weighted by atomic mass is 10.2. The molecule has 0 aliphatic rings. The molecule has 0 fully saturated rings. The van der Waals surface area contributed by atoms with Crippen LogP contribution in [0.25, 0.3) is 10.6 Å². The first-order valence-corrected chi connectivity index (χ1v) is 6.41. The van der Waals surface area contributed by atoms with Gasteiger partial charge in [-0.15, -0.1) is 11.3 Å². The summed E-state index contributed by atoms with van der Waals surface area (Å²) >= 11 is 10.5. The van der Waals surface area contributed by atoms with Crippen LogP contribution in [0.5, 0.6) is 0 Å². The molecule has 2 nitrogen and oxygen atoms in total. The van der Waals surface area contributed by atoms with Crippen LogP contribution < -0.4 is 5.73 Å². The SMILES string of the molecule is NCc1nc(-c2cc(Cl)ccc2F)sc1Br. The molecule has 2 aromatic rings. The van der Waals surface area contributed by atoms with E-state index in [4.69, 9.17) is 17.3 Å². The van der Waals surface area contributed by atoms with Gasteiger partial charge in [0.25, 0.3) is 0 Å². The van der Waals surface area contributed by atoms with Crippen molar-refractivity contribution in [3.63, 3.8) is 0 Å². The quantitative estimate of drug-likeness (QED) is 0.913. The molecule has 0 aliphatic carbocycles. The van der Waals surface area contributed by atoms with Crippen molar-refractivity contribution < 1.29 is 4.39 Å². The molecule has 84 valence electrons. The van der Waals surface area contributed by atoms with Gasteiger partial charge in [0.15, 0.2) is 0 Å². The summed E-state index contributed by atoms with van der Waals surface area (Å²) in [5.41, 5.74) is 6.63. The van der Waals surface area contributed by atoms with Gasteiger partial charge in [0.2, 0.25) is 0 Å². The van der Waals surface area contributed by atoms with Crippen molar-refractivity contribution in [2.24, 2.45) is 5.73 Å². The van der Waals surface area contributed by atoms with E-state index in [1.807, 2.05) is 0 Å². The Bertz CT molecular complexity index is 530. The molecule has 0 spiro atoms. The molecule has 2 rings (SSSR count). The molecular weight excluding hydrogens is 315 g/mol. The Kier molecular flexibility index (Phi) is 3.59. The van der Waals surface area contributed by atoms with Crippen molar-refractivity contribution in [2.75, 3.05) is 0 Å². The smallest absolute Gasteiger partial charge is 0.133 e. The van der Waals surface area contributed by atoms with Gasteiger partial charge in [0, 0.05) is 17.1 Å². The summed E-state index contributed by atoms with van der Waals surface area (Å²) in [4.78, 5) is 4.25. The molecule has 0 bridgehead atoms. The number of halogens is 3. The Morgan fingerprint density at radius 3 is 2.88 bits per heavy atom. The number of nitrogens with two attached hydrogens (primary N) is 1. The number of aromatic nitrogens is 1. The number of thiazole rings is 1. The molecule has 0 saturated heterocycles. The van der Waals surface area contributed by atoms with Gasteiger partial charge >= 0.3 is 0 Å². The number of benzene rings is 1. The van der Waals surface area contributed by atoms with Gasteiger partial charge in [-0.05, 0) is 34.1 Å². The second-order valence-electron chi connectivity index (χ2n) is 3.07. The highest BCUT2D eigenvalue weighted by Gasteiger charge is 2.13. The summed E-state index contributed by atoms with van der Waals surface area (Å²) < 4.78 is 14.4. The van der Waals surface area contributed by atoms with E-state index in [0.717, 1.165) is 9.48 Å². The third-order valence-corrected chi connectivity index (χ3v) is 4.10. The highest BCUT2D eigenvalue weighted by Crippen LogP contribution is 2.34. The van der Waals surface area contributed by atoms with E-state index < -0.39 is 0 Å². The third-order valence-electron chi connectivity index (χ3n) is 2.00. The molecular formula is C10H7BrClFN2S. The van der Waals surface area contributed by atoms with Gasteiger partial charge in [0.1, 0.15) is 10.8 Å². The molecule has 1 heterocycles. The Labute approximate surface area is 109 Å². The maximum Gasteiger partial charge on any atom is 0.133 e. The zero-order valence-electron chi connectivity index (χ0n) is 8.01. The van der Waals surface area contributed by atoms with E-state index in [9.17, 15) is 4.39 Å². The Morgan fingerprint density at radius 2 is 2.25 bits per heavy atom. The third kappa shape index (κ3) is 2.27. The first kappa shape index (κ1) is 12.0. The number of hydrogen-bond donors (Lipinski definition) is 1. The zero-order chi connectivity index (χ0) is 11.7. The van der Waals surface area contributed by atoms with Crippen LogP contribution in [0.3, 0.4) is 0 Å². The minimum atomic E-state index is -0.339. The molecule has 2 N–H and O–H groups in total. The van der Waals surface area contributed by atoms with Gasteiger partial charge in [-0.1, -0.05) is 11.6 Å². The summed E-state index contributed by atoms with van der Waals surface area (Å²) in [6.07, 6.45) is 0. The molecule has 16 heavy (non-hydrogen) atoms. The molecule has 6 heteroatoms. The van der Waals surface area contributed by atoms with Gasteiger partial charge < -0.3 is 5.73 Å². The Balaban J connectivity index is 2.53. The maximum atomic E-state index is 13.6. The fraction of sp³-hybridized carbons (Fsp3) is 0.100. The number of rotatable bonds is 2. The van der Waals surface area contributed by atoms with E-state index in [1.165, 1.54) is 23.5 Å². The minimum absolute atomic E-state index is 0.319. The highest BCUT2D eigenvalue weighted by atomic mass is 79.9. The van der Waals surface area contributed by atoms with Crippen molar-refractivity contribution in [3.8, 4) is 10.6 Å². The molecule has 0 atom stereocenters. The van der Waals surface area contributed by atoms with Crippen LogP contribution >= 0.6 is 38.9 Å². The van der Waals surface area contributed by atoms with Gasteiger partial charge in [-0.3, -0.25) is 0 Å². The molecule has 0 aliphatic heterocycles. The molecule has 1 aromatic heterocycles.